The molecule has 4 rings (SSSR count). The minimum absolute atomic E-state index is 0.145. The molecule has 5 heteroatoms. The van der Waals surface area contributed by atoms with E-state index in [1.54, 1.807) is 34.9 Å². The molecule has 0 aliphatic rings. The Morgan fingerprint density at radius 1 is 0.926 bits per heavy atom. The van der Waals surface area contributed by atoms with Crippen LogP contribution in [0.1, 0.15) is 11.4 Å². The van der Waals surface area contributed by atoms with E-state index in [4.69, 9.17) is 0 Å². The van der Waals surface area contributed by atoms with Gasteiger partial charge in [-0.05, 0) is 60.2 Å². The Labute approximate surface area is 164 Å². The monoisotopic (exact) mass is 418 g/mol. The average Bonchev–Trinajstić information content (AvgIpc) is 2.68. The number of rotatable bonds is 3. The van der Waals surface area contributed by atoms with E-state index in [0.717, 1.165) is 10.0 Å². The Bertz CT molecular complexity index is 1210. The molecule has 1 N–H and O–H groups in total. The topological polar surface area (TPSA) is 55.1 Å². The molecule has 0 atom stereocenters. The zero-order chi connectivity index (χ0) is 18.8. The Morgan fingerprint density at radius 3 is 2.48 bits per heavy atom. The van der Waals surface area contributed by atoms with Gasteiger partial charge in [0.2, 0.25) is 0 Å². The van der Waals surface area contributed by atoms with E-state index in [1.165, 1.54) is 0 Å². The van der Waals surface area contributed by atoms with Crippen molar-refractivity contribution in [3.05, 3.63) is 99.0 Å². The lowest BCUT2D eigenvalue weighted by Gasteiger charge is -2.11. The first-order chi connectivity index (χ1) is 13.1. The highest BCUT2D eigenvalue weighted by molar-refractivity contribution is 9.10. The van der Waals surface area contributed by atoms with Crippen LogP contribution in [0.3, 0.4) is 0 Å². The van der Waals surface area contributed by atoms with Crippen LogP contribution >= 0.6 is 15.9 Å². The number of halogens is 1. The summed E-state index contributed by atoms with van der Waals surface area (Å²) in [5, 5.41) is 10.1. The minimum atomic E-state index is -0.153. The van der Waals surface area contributed by atoms with E-state index in [2.05, 4.69) is 20.9 Å². The van der Waals surface area contributed by atoms with Gasteiger partial charge in [0, 0.05) is 4.47 Å². The molecule has 0 saturated carbocycles. The molecule has 4 aromatic rings. The number of aromatic hydroxyl groups is 1. The standard InChI is InChI=1S/C22H15BrN2O2/c23-16-5-3-4-15(14-16)8-13-21-24-20-7-2-1-6-19(20)22(27)25(21)17-9-11-18(26)12-10-17/h1-14,26H/b13-8+. The molecule has 27 heavy (non-hydrogen) atoms. The molecule has 0 radical (unpaired) electrons. The third kappa shape index (κ3) is 3.55. The van der Waals surface area contributed by atoms with Crippen LogP contribution in [0, 0.1) is 0 Å². The van der Waals surface area contributed by atoms with Crippen LogP contribution in [-0.4, -0.2) is 14.7 Å². The molecule has 132 valence electrons. The normalized spacial score (nSPS) is 11.3. The second-order valence-electron chi connectivity index (χ2n) is 6.03. The molecule has 0 unspecified atom stereocenters. The zero-order valence-corrected chi connectivity index (χ0v) is 15.8. The molecule has 0 amide bonds. The molecule has 0 fully saturated rings. The van der Waals surface area contributed by atoms with Crippen LogP contribution in [0.4, 0.5) is 0 Å². The van der Waals surface area contributed by atoms with Crippen molar-refractivity contribution in [1.29, 1.82) is 0 Å². The first-order valence-corrected chi connectivity index (χ1v) is 9.16. The molecule has 0 aliphatic carbocycles. The van der Waals surface area contributed by atoms with Crippen LogP contribution in [-0.2, 0) is 0 Å². The fourth-order valence-corrected chi connectivity index (χ4v) is 3.31. The van der Waals surface area contributed by atoms with Crippen LogP contribution in [0.15, 0.2) is 82.1 Å². The molecule has 0 aliphatic heterocycles. The summed E-state index contributed by atoms with van der Waals surface area (Å²) in [7, 11) is 0. The van der Waals surface area contributed by atoms with Crippen molar-refractivity contribution in [3.8, 4) is 11.4 Å². The van der Waals surface area contributed by atoms with Crippen molar-refractivity contribution < 1.29 is 5.11 Å². The summed E-state index contributed by atoms with van der Waals surface area (Å²) >= 11 is 3.46. The Kier molecular flexibility index (Phi) is 4.60. The van der Waals surface area contributed by atoms with Crippen molar-refractivity contribution in [2.45, 2.75) is 0 Å². The lowest BCUT2D eigenvalue weighted by Crippen LogP contribution is -2.22. The minimum Gasteiger partial charge on any atom is -0.508 e. The summed E-state index contributed by atoms with van der Waals surface area (Å²) < 4.78 is 2.53. The summed E-state index contributed by atoms with van der Waals surface area (Å²) in [6.45, 7) is 0. The van der Waals surface area contributed by atoms with Crippen molar-refractivity contribution in [3.63, 3.8) is 0 Å². The van der Waals surface area contributed by atoms with E-state index < -0.39 is 0 Å². The summed E-state index contributed by atoms with van der Waals surface area (Å²) in [5.74, 6) is 0.663. The highest BCUT2D eigenvalue weighted by Crippen LogP contribution is 2.18. The Hall–Kier alpha value is -3.18. The van der Waals surface area contributed by atoms with Gasteiger partial charge in [0.25, 0.3) is 5.56 Å². The first-order valence-electron chi connectivity index (χ1n) is 8.37. The zero-order valence-electron chi connectivity index (χ0n) is 14.2. The highest BCUT2D eigenvalue weighted by atomic mass is 79.9. The SMILES string of the molecule is O=c1c2ccccc2nc(/C=C/c2cccc(Br)c2)n1-c1ccc(O)cc1. The van der Waals surface area contributed by atoms with E-state index in [0.29, 0.717) is 22.4 Å². The predicted molar refractivity (Wildman–Crippen MR) is 112 cm³/mol. The van der Waals surface area contributed by atoms with Gasteiger partial charge in [-0.3, -0.25) is 9.36 Å². The maximum atomic E-state index is 13.1. The van der Waals surface area contributed by atoms with Gasteiger partial charge in [-0.15, -0.1) is 0 Å². The molecule has 0 bridgehead atoms. The van der Waals surface area contributed by atoms with Crippen LogP contribution < -0.4 is 5.56 Å². The lowest BCUT2D eigenvalue weighted by molar-refractivity contribution is 0.475. The molecule has 3 aromatic carbocycles. The number of nitrogens with zero attached hydrogens (tertiary/aromatic N) is 2. The number of benzene rings is 3. The van der Waals surface area contributed by atoms with Gasteiger partial charge < -0.3 is 5.11 Å². The van der Waals surface area contributed by atoms with Crippen molar-refractivity contribution in [2.24, 2.45) is 0 Å². The van der Waals surface area contributed by atoms with Gasteiger partial charge in [-0.1, -0.05) is 46.3 Å². The maximum absolute atomic E-state index is 13.1. The molecule has 4 nitrogen and oxygen atoms in total. The highest BCUT2D eigenvalue weighted by Gasteiger charge is 2.11. The number of phenols is 1. The van der Waals surface area contributed by atoms with Gasteiger partial charge in [0.05, 0.1) is 16.6 Å². The number of phenolic OH excluding ortho intramolecular Hbond substituents is 1. The number of hydrogen-bond donors (Lipinski definition) is 1. The van der Waals surface area contributed by atoms with Gasteiger partial charge >= 0.3 is 0 Å². The first kappa shape index (κ1) is 17.2. The Balaban J connectivity index is 1.93. The third-order valence-corrected chi connectivity index (χ3v) is 4.68. The summed E-state index contributed by atoms with van der Waals surface area (Å²) in [5.41, 5.74) is 2.13. The smallest absolute Gasteiger partial charge is 0.266 e. The maximum Gasteiger partial charge on any atom is 0.266 e. The fourth-order valence-electron chi connectivity index (χ4n) is 2.89. The van der Waals surface area contributed by atoms with E-state index >= 15 is 0 Å². The van der Waals surface area contributed by atoms with Crippen molar-refractivity contribution in [2.75, 3.05) is 0 Å². The molecular weight excluding hydrogens is 404 g/mol. The Morgan fingerprint density at radius 2 is 1.70 bits per heavy atom. The average molecular weight is 419 g/mol. The largest absolute Gasteiger partial charge is 0.508 e. The molecule has 1 aromatic heterocycles. The van der Waals surface area contributed by atoms with E-state index in [-0.39, 0.29) is 11.3 Å². The predicted octanol–water partition coefficient (Wildman–Crippen LogP) is 5.02. The second kappa shape index (κ2) is 7.21. The van der Waals surface area contributed by atoms with Gasteiger partial charge in [0.15, 0.2) is 0 Å². The van der Waals surface area contributed by atoms with Crippen LogP contribution in [0.5, 0.6) is 5.75 Å². The molecule has 0 spiro atoms. The van der Waals surface area contributed by atoms with E-state index in [9.17, 15) is 9.90 Å². The quantitative estimate of drug-likeness (QED) is 0.507. The van der Waals surface area contributed by atoms with E-state index in [1.807, 2.05) is 54.6 Å². The second-order valence-corrected chi connectivity index (χ2v) is 6.95. The lowest BCUT2D eigenvalue weighted by atomic mass is 10.2. The summed E-state index contributed by atoms with van der Waals surface area (Å²) in [6, 6.07) is 21.7. The van der Waals surface area contributed by atoms with Gasteiger partial charge in [-0.25, -0.2) is 4.98 Å². The van der Waals surface area contributed by atoms with Crippen molar-refractivity contribution >= 4 is 39.0 Å². The number of aromatic nitrogens is 2. The van der Waals surface area contributed by atoms with Crippen LogP contribution in [0.2, 0.25) is 0 Å². The number of hydrogen-bond acceptors (Lipinski definition) is 3. The fraction of sp³-hybridized carbons (Fsp3) is 0. The van der Waals surface area contributed by atoms with Gasteiger partial charge in [0.1, 0.15) is 11.6 Å². The molecule has 1 heterocycles. The van der Waals surface area contributed by atoms with Crippen molar-refractivity contribution in [1.82, 2.24) is 9.55 Å². The number of para-hydroxylation sites is 1. The molecular formula is C22H15BrN2O2. The number of fused-ring (bicyclic) bond motifs is 1. The molecule has 0 saturated heterocycles. The van der Waals surface area contributed by atoms with Gasteiger partial charge in [-0.2, -0.15) is 0 Å². The van der Waals surface area contributed by atoms with Crippen LogP contribution in [0.25, 0.3) is 28.7 Å². The summed E-state index contributed by atoms with van der Waals surface area (Å²) in [6.07, 6.45) is 3.74. The third-order valence-electron chi connectivity index (χ3n) is 4.18. The summed E-state index contributed by atoms with van der Waals surface area (Å²) in [4.78, 5) is 17.8.